The summed E-state index contributed by atoms with van der Waals surface area (Å²) in [5.41, 5.74) is 11.1. The van der Waals surface area contributed by atoms with Gasteiger partial charge >= 0.3 is 0 Å². The number of para-hydroxylation sites is 1. The molecule has 0 radical (unpaired) electrons. The maximum absolute atomic E-state index is 6.01. The van der Waals surface area contributed by atoms with Crippen molar-refractivity contribution in [3.8, 4) is 11.1 Å². The molecule has 3 aromatic rings. The van der Waals surface area contributed by atoms with Crippen molar-refractivity contribution in [1.29, 1.82) is 0 Å². The Morgan fingerprint density at radius 1 is 0.600 bits per heavy atom. The zero-order valence-electron chi connectivity index (χ0n) is 11.1. The summed E-state index contributed by atoms with van der Waals surface area (Å²) in [4.78, 5) is 0. The zero-order chi connectivity index (χ0) is 13.8. The second kappa shape index (κ2) is 5.49. The lowest BCUT2D eigenvalue weighted by Gasteiger charge is -2.10. The van der Waals surface area contributed by atoms with Crippen molar-refractivity contribution in [3.05, 3.63) is 78.9 Å². The van der Waals surface area contributed by atoms with Gasteiger partial charge in [0.15, 0.2) is 0 Å². The maximum atomic E-state index is 6.01. The first-order valence-electron chi connectivity index (χ1n) is 6.59. The molecule has 0 saturated carbocycles. The number of benzene rings is 3. The number of hydrogen-bond acceptors (Lipinski definition) is 2. The summed E-state index contributed by atoms with van der Waals surface area (Å²) in [6.45, 7) is 0. The molecule has 0 aliphatic heterocycles. The van der Waals surface area contributed by atoms with Crippen LogP contribution in [0.4, 0.5) is 17.1 Å². The average Bonchev–Trinajstić information content (AvgIpc) is 2.49. The monoisotopic (exact) mass is 260 g/mol. The first-order valence-corrected chi connectivity index (χ1v) is 6.59. The molecule has 2 nitrogen and oxygen atoms in total. The van der Waals surface area contributed by atoms with Crippen molar-refractivity contribution in [2.45, 2.75) is 0 Å². The Kier molecular flexibility index (Phi) is 3.38. The summed E-state index contributed by atoms with van der Waals surface area (Å²) in [5.74, 6) is 0. The molecule has 0 atom stereocenters. The smallest absolute Gasteiger partial charge is 0.0411 e. The van der Waals surface area contributed by atoms with E-state index in [4.69, 9.17) is 5.73 Å². The molecule has 0 aliphatic carbocycles. The fourth-order valence-corrected chi connectivity index (χ4v) is 2.21. The molecule has 3 rings (SSSR count). The highest BCUT2D eigenvalue weighted by atomic mass is 14.9. The predicted octanol–water partition coefficient (Wildman–Crippen LogP) is 4.68. The van der Waals surface area contributed by atoms with E-state index in [1.165, 1.54) is 0 Å². The van der Waals surface area contributed by atoms with Crippen molar-refractivity contribution in [1.82, 2.24) is 0 Å². The van der Waals surface area contributed by atoms with Crippen LogP contribution in [0.1, 0.15) is 0 Å². The maximum Gasteiger partial charge on any atom is 0.0411 e. The molecule has 98 valence electrons. The summed E-state index contributed by atoms with van der Waals surface area (Å²) >= 11 is 0. The van der Waals surface area contributed by atoms with Gasteiger partial charge in [-0.05, 0) is 41.5 Å². The van der Waals surface area contributed by atoms with E-state index in [-0.39, 0.29) is 0 Å². The first-order chi connectivity index (χ1) is 9.81. The zero-order valence-corrected chi connectivity index (χ0v) is 11.1. The lowest BCUT2D eigenvalue weighted by Crippen LogP contribution is -1.93. The Balaban J connectivity index is 1.95. The van der Waals surface area contributed by atoms with Gasteiger partial charge in [-0.1, -0.05) is 48.5 Å². The van der Waals surface area contributed by atoms with Gasteiger partial charge in [0.05, 0.1) is 0 Å². The van der Waals surface area contributed by atoms with Gasteiger partial charge in [-0.3, -0.25) is 0 Å². The van der Waals surface area contributed by atoms with Crippen molar-refractivity contribution in [2.24, 2.45) is 0 Å². The van der Waals surface area contributed by atoms with Crippen LogP contribution in [0.2, 0.25) is 0 Å². The van der Waals surface area contributed by atoms with E-state index in [1.807, 2.05) is 60.7 Å². The fourth-order valence-electron chi connectivity index (χ4n) is 2.21. The Bertz CT molecular complexity index is 691. The van der Waals surface area contributed by atoms with Crippen LogP contribution in [0.15, 0.2) is 78.9 Å². The molecule has 2 heteroatoms. The summed E-state index contributed by atoms with van der Waals surface area (Å²) in [6.07, 6.45) is 0. The quantitative estimate of drug-likeness (QED) is 0.671. The van der Waals surface area contributed by atoms with Crippen LogP contribution in [-0.2, 0) is 0 Å². The average molecular weight is 260 g/mol. The van der Waals surface area contributed by atoms with Gasteiger partial charge in [0.2, 0.25) is 0 Å². The molecule has 0 heterocycles. The topological polar surface area (TPSA) is 38.0 Å². The standard InChI is InChI=1S/C18H16N2/c19-16-11-15(14-7-3-1-4-8-14)12-18(13-16)20-17-9-5-2-6-10-17/h1-13,20H,19H2. The fraction of sp³-hybridized carbons (Fsp3) is 0. The van der Waals surface area contributed by atoms with Crippen LogP contribution in [0.25, 0.3) is 11.1 Å². The minimum atomic E-state index is 0.754. The van der Waals surface area contributed by atoms with Gasteiger partial charge in [-0.15, -0.1) is 0 Å². The number of nitrogen functional groups attached to an aromatic ring is 1. The number of nitrogens with one attached hydrogen (secondary N) is 1. The number of rotatable bonds is 3. The minimum absolute atomic E-state index is 0.754. The molecule has 20 heavy (non-hydrogen) atoms. The summed E-state index contributed by atoms with van der Waals surface area (Å²) in [5, 5.41) is 3.37. The summed E-state index contributed by atoms with van der Waals surface area (Å²) < 4.78 is 0. The van der Waals surface area contributed by atoms with E-state index in [2.05, 4.69) is 23.5 Å². The largest absolute Gasteiger partial charge is 0.399 e. The highest BCUT2D eigenvalue weighted by molar-refractivity contribution is 5.75. The van der Waals surface area contributed by atoms with Crippen molar-refractivity contribution >= 4 is 17.1 Å². The normalized spacial score (nSPS) is 10.2. The lowest BCUT2D eigenvalue weighted by atomic mass is 10.0. The van der Waals surface area contributed by atoms with Crippen LogP contribution < -0.4 is 11.1 Å². The van der Waals surface area contributed by atoms with Gasteiger partial charge < -0.3 is 11.1 Å². The molecular formula is C18H16N2. The molecule has 0 unspecified atom stereocenters. The van der Waals surface area contributed by atoms with Crippen molar-refractivity contribution < 1.29 is 0 Å². The second-order valence-corrected chi connectivity index (χ2v) is 4.70. The van der Waals surface area contributed by atoms with Crippen LogP contribution >= 0.6 is 0 Å². The molecule has 0 amide bonds. The Labute approximate surface area is 118 Å². The highest BCUT2D eigenvalue weighted by Crippen LogP contribution is 2.27. The number of nitrogens with two attached hydrogens (primary N) is 1. The molecular weight excluding hydrogens is 244 g/mol. The summed E-state index contributed by atoms with van der Waals surface area (Å²) in [6, 6.07) is 26.4. The Morgan fingerprint density at radius 3 is 1.95 bits per heavy atom. The molecule has 0 bridgehead atoms. The van der Waals surface area contributed by atoms with E-state index in [9.17, 15) is 0 Å². The van der Waals surface area contributed by atoms with Gasteiger partial charge in [0, 0.05) is 17.1 Å². The van der Waals surface area contributed by atoms with E-state index in [1.54, 1.807) is 0 Å². The van der Waals surface area contributed by atoms with Crippen LogP contribution in [0.3, 0.4) is 0 Å². The van der Waals surface area contributed by atoms with Crippen molar-refractivity contribution in [2.75, 3.05) is 11.1 Å². The second-order valence-electron chi connectivity index (χ2n) is 4.70. The molecule has 3 N–H and O–H groups in total. The van der Waals surface area contributed by atoms with Gasteiger partial charge in [0.25, 0.3) is 0 Å². The number of anilines is 3. The van der Waals surface area contributed by atoms with Crippen LogP contribution in [0, 0.1) is 0 Å². The predicted molar refractivity (Wildman–Crippen MR) is 86.0 cm³/mol. The van der Waals surface area contributed by atoms with Gasteiger partial charge in [-0.25, -0.2) is 0 Å². The molecule has 3 aromatic carbocycles. The minimum Gasteiger partial charge on any atom is -0.399 e. The van der Waals surface area contributed by atoms with Crippen molar-refractivity contribution in [3.63, 3.8) is 0 Å². The van der Waals surface area contributed by atoms with Gasteiger partial charge in [-0.2, -0.15) is 0 Å². The molecule has 0 aliphatic rings. The third-order valence-electron chi connectivity index (χ3n) is 3.12. The Morgan fingerprint density at radius 2 is 1.25 bits per heavy atom. The van der Waals surface area contributed by atoms with Crippen LogP contribution in [-0.4, -0.2) is 0 Å². The van der Waals surface area contributed by atoms with E-state index in [0.29, 0.717) is 0 Å². The third-order valence-corrected chi connectivity index (χ3v) is 3.12. The third kappa shape index (κ3) is 2.81. The molecule has 0 aromatic heterocycles. The SMILES string of the molecule is Nc1cc(Nc2ccccc2)cc(-c2ccccc2)c1. The molecule has 0 fully saturated rings. The van der Waals surface area contributed by atoms with Gasteiger partial charge in [0.1, 0.15) is 0 Å². The summed E-state index contributed by atoms with van der Waals surface area (Å²) in [7, 11) is 0. The first kappa shape index (κ1) is 12.3. The highest BCUT2D eigenvalue weighted by Gasteiger charge is 2.02. The van der Waals surface area contributed by atoms with E-state index < -0.39 is 0 Å². The van der Waals surface area contributed by atoms with E-state index in [0.717, 1.165) is 28.2 Å². The Hall–Kier alpha value is -2.74. The molecule has 0 spiro atoms. The molecule has 0 saturated heterocycles. The lowest BCUT2D eigenvalue weighted by molar-refractivity contribution is 1.54. The van der Waals surface area contributed by atoms with E-state index >= 15 is 0 Å². The number of hydrogen-bond donors (Lipinski definition) is 2. The van der Waals surface area contributed by atoms with Crippen LogP contribution in [0.5, 0.6) is 0 Å².